The normalized spacial score (nSPS) is 27.1. The summed E-state index contributed by atoms with van der Waals surface area (Å²) in [5.74, 6) is -1.08. The van der Waals surface area contributed by atoms with Crippen LogP contribution in [0.25, 0.3) is 0 Å². The van der Waals surface area contributed by atoms with Crippen LogP contribution in [0.3, 0.4) is 0 Å². The molecule has 2 fully saturated rings. The SMILES string of the molecule is O=C(O)[C@H]1C[C@@H](O)CN1C(=O)N1CCC(OCCO)CC1. The Morgan fingerprint density at radius 1 is 1.24 bits per heavy atom. The molecule has 0 aliphatic carbocycles. The number of carbonyl (C=O) groups is 2. The Balaban J connectivity index is 1.88. The highest BCUT2D eigenvalue weighted by molar-refractivity contribution is 5.83. The molecule has 2 aliphatic heterocycles. The number of hydrogen-bond acceptors (Lipinski definition) is 5. The van der Waals surface area contributed by atoms with Crippen LogP contribution >= 0.6 is 0 Å². The maximum atomic E-state index is 12.4. The van der Waals surface area contributed by atoms with Gasteiger partial charge >= 0.3 is 12.0 Å². The van der Waals surface area contributed by atoms with E-state index in [2.05, 4.69) is 0 Å². The van der Waals surface area contributed by atoms with E-state index in [4.69, 9.17) is 14.9 Å². The number of β-amino-alcohol motifs (C(OH)–C–C–N with tert-alkyl or cyclic N) is 1. The van der Waals surface area contributed by atoms with Gasteiger partial charge in [-0.2, -0.15) is 0 Å². The molecule has 0 bridgehead atoms. The number of nitrogens with zero attached hydrogens (tertiary/aromatic N) is 2. The number of aliphatic carboxylic acids is 1. The summed E-state index contributed by atoms with van der Waals surface area (Å²) in [6, 6.07) is -1.28. The molecule has 2 aliphatic rings. The summed E-state index contributed by atoms with van der Waals surface area (Å²) in [6.07, 6.45) is 0.665. The van der Waals surface area contributed by atoms with Gasteiger partial charge in [0.05, 0.1) is 25.4 Å². The number of carbonyl (C=O) groups excluding carboxylic acids is 1. The van der Waals surface area contributed by atoms with Gasteiger partial charge in [-0.05, 0) is 12.8 Å². The van der Waals surface area contributed by atoms with Crippen LogP contribution in [0.2, 0.25) is 0 Å². The van der Waals surface area contributed by atoms with E-state index in [1.807, 2.05) is 0 Å². The Labute approximate surface area is 122 Å². The molecule has 0 aromatic heterocycles. The van der Waals surface area contributed by atoms with Crippen LogP contribution < -0.4 is 0 Å². The second-order valence-electron chi connectivity index (χ2n) is 5.46. The summed E-state index contributed by atoms with van der Waals surface area (Å²) in [5, 5.41) is 27.4. The van der Waals surface area contributed by atoms with Crippen molar-refractivity contribution in [2.24, 2.45) is 0 Å². The number of aliphatic hydroxyl groups is 2. The lowest BCUT2D eigenvalue weighted by Gasteiger charge is -2.35. The number of rotatable bonds is 4. The van der Waals surface area contributed by atoms with Crippen molar-refractivity contribution in [2.75, 3.05) is 32.8 Å². The molecule has 21 heavy (non-hydrogen) atoms. The van der Waals surface area contributed by atoms with Crippen LogP contribution in [-0.2, 0) is 9.53 Å². The van der Waals surface area contributed by atoms with Gasteiger partial charge in [-0.1, -0.05) is 0 Å². The highest BCUT2D eigenvalue weighted by Gasteiger charge is 2.41. The third-order valence-corrected chi connectivity index (χ3v) is 3.97. The van der Waals surface area contributed by atoms with E-state index in [1.165, 1.54) is 4.90 Å². The third kappa shape index (κ3) is 3.84. The molecule has 0 unspecified atom stereocenters. The Kier molecular flexibility index (Phi) is 5.38. The minimum Gasteiger partial charge on any atom is -0.480 e. The van der Waals surface area contributed by atoms with E-state index in [0.717, 1.165) is 0 Å². The largest absolute Gasteiger partial charge is 0.480 e. The van der Waals surface area contributed by atoms with Gasteiger partial charge in [0.15, 0.2) is 0 Å². The molecule has 3 N–H and O–H groups in total. The Bertz CT molecular complexity index is 383. The summed E-state index contributed by atoms with van der Waals surface area (Å²) in [6.45, 7) is 1.32. The van der Waals surface area contributed by atoms with Crippen LogP contribution in [0, 0.1) is 0 Å². The quantitative estimate of drug-likeness (QED) is 0.621. The molecule has 2 amide bonds. The van der Waals surface area contributed by atoms with Gasteiger partial charge in [0.2, 0.25) is 0 Å². The maximum absolute atomic E-state index is 12.4. The molecule has 0 radical (unpaired) electrons. The molecule has 8 nitrogen and oxygen atoms in total. The van der Waals surface area contributed by atoms with Crippen LogP contribution in [0.4, 0.5) is 4.79 Å². The number of ether oxygens (including phenoxy) is 1. The van der Waals surface area contributed by atoms with Crippen molar-refractivity contribution < 1.29 is 29.6 Å². The molecule has 0 saturated carbocycles. The lowest BCUT2D eigenvalue weighted by atomic mass is 10.1. The molecule has 0 spiro atoms. The van der Waals surface area contributed by atoms with Crippen molar-refractivity contribution in [1.82, 2.24) is 9.80 Å². The second-order valence-corrected chi connectivity index (χ2v) is 5.46. The predicted octanol–water partition coefficient (Wildman–Crippen LogP) is -0.900. The van der Waals surface area contributed by atoms with Crippen molar-refractivity contribution in [3.05, 3.63) is 0 Å². The number of urea groups is 1. The first-order valence-electron chi connectivity index (χ1n) is 7.21. The molecular weight excluding hydrogens is 280 g/mol. The Morgan fingerprint density at radius 2 is 1.90 bits per heavy atom. The fraction of sp³-hybridized carbons (Fsp3) is 0.846. The summed E-state index contributed by atoms with van der Waals surface area (Å²) < 4.78 is 5.43. The van der Waals surface area contributed by atoms with Crippen molar-refractivity contribution in [2.45, 2.75) is 37.5 Å². The van der Waals surface area contributed by atoms with Crippen LogP contribution in [-0.4, -0.2) is 88.2 Å². The topological polar surface area (TPSA) is 111 Å². The summed E-state index contributed by atoms with van der Waals surface area (Å²) in [5.41, 5.74) is 0. The summed E-state index contributed by atoms with van der Waals surface area (Å²) in [4.78, 5) is 26.4. The summed E-state index contributed by atoms with van der Waals surface area (Å²) in [7, 11) is 0. The number of amides is 2. The molecule has 8 heteroatoms. The zero-order valence-corrected chi connectivity index (χ0v) is 11.8. The van der Waals surface area contributed by atoms with Gasteiger partial charge in [0.25, 0.3) is 0 Å². The standard InChI is InChI=1S/C13H22N2O6/c16-5-6-21-10-1-3-14(4-2-10)13(20)15-8-9(17)7-11(15)12(18)19/h9-11,16-17H,1-8H2,(H,18,19)/t9-,11-/m1/s1. The molecule has 0 aromatic carbocycles. The molecule has 2 saturated heterocycles. The zero-order valence-electron chi connectivity index (χ0n) is 11.8. The fourth-order valence-electron chi connectivity index (χ4n) is 2.87. The van der Waals surface area contributed by atoms with E-state index < -0.39 is 18.1 Å². The minimum absolute atomic E-state index is 0.0227. The van der Waals surface area contributed by atoms with E-state index in [1.54, 1.807) is 4.90 Å². The highest BCUT2D eigenvalue weighted by atomic mass is 16.5. The number of likely N-dealkylation sites (tertiary alicyclic amines) is 2. The van der Waals surface area contributed by atoms with Crippen LogP contribution in [0.15, 0.2) is 0 Å². The van der Waals surface area contributed by atoms with Crippen molar-refractivity contribution in [3.63, 3.8) is 0 Å². The van der Waals surface area contributed by atoms with E-state index in [9.17, 15) is 14.7 Å². The lowest BCUT2D eigenvalue weighted by Crippen LogP contribution is -2.51. The Hall–Kier alpha value is -1.38. The number of aliphatic hydroxyl groups excluding tert-OH is 2. The summed E-state index contributed by atoms with van der Waals surface area (Å²) >= 11 is 0. The van der Waals surface area contributed by atoms with Crippen LogP contribution in [0.1, 0.15) is 19.3 Å². The predicted molar refractivity (Wildman–Crippen MR) is 71.8 cm³/mol. The number of carboxylic acid groups (broad SMARTS) is 1. The number of carboxylic acids is 1. The van der Waals surface area contributed by atoms with Gasteiger partial charge in [0, 0.05) is 26.1 Å². The molecule has 2 heterocycles. The average molecular weight is 302 g/mol. The van der Waals surface area contributed by atoms with Crippen molar-refractivity contribution >= 4 is 12.0 Å². The van der Waals surface area contributed by atoms with E-state index >= 15 is 0 Å². The molecular formula is C13H22N2O6. The molecule has 0 aromatic rings. The third-order valence-electron chi connectivity index (χ3n) is 3.97. The minimum atomic E-state index is -1.08. The van der Waals surface area contributed by atoms with Gasteiger partial charge in [-0.25, -0.2) is 9.59 Å². The lowest BCUT2D eigenvalue weighted by molar-refractivity contribution is -0.141. The molecule has 2 rings (SSSR count). The van der Waals surface area contributed by atoms with Crippen molar-refractivity contribution in [1.29, 1.82) is 0 Å². The molecule has 120 valence electrons. The van der Waals surface area contributed by atoms with Gasteiger partial charge in [-0.15, -0.1) is 0 Å². The van der Waals surface area contributed by atoms with Crippen LogP contribution in [0.5, 0.6) is 0 Å². The first kappa shape index (κ1) is 16.0. The van der Waals surface area contributed by atoms with E-state index in [-0.39, 0.29) is 38.3 Å². The average Bonchev–Trinajstić information content (AvgIpc) is 2.87. The number of piperidine rings is 1. The van der Waals surface area contributed by atoms with Gasteiger partial charge < -0.3 is 29.9 Å². The smallest absolute Gasteiger partial charge is 0.326 e. The first-order valence-corrected chi connectivity index (χ1v) is 7.21. The Morgan fingerprint density at radius 3 is 2.48 bits per heavy atom. The zero-order chi connectivity index (χ0) is 15.4. The fourth-order valence-corrected chi connectivity index (χ4v) is 2.87. The van der Waals surface area contributed by atoms with E-state index in [0.29, 0.717) is 25.9 Å². The van der Waals surface area contributed by atoms with Gasteiger partial charge in [0.1, 0.15) is 6.04 Å². The monoisotopic (exact) mass is 302 g/mol. The van der Waals surface area contributed by atoms with Crippen molar-refractivity contribution in [3.8, 4) is 0 Å². The van der Waals surface area contributed by atoms with Gasteiger partial charge in [-0.3, -0.25) is 0 Å². The maximum Gasteiger partial charge on any atom is 0.326 e. The highest BCUT2D eigenvalue weighted by Crippen LogP contribution is 2.22. The first-order chi connectivity index (χ1) is 10.0. The number of hydrogen-bond donors (Lipinski definition) is 3. The molecule has 2 atom stereocenters. The second kappa shape index (κ2) is 7.06.